The van der Waals surface area contributed by atoms with E-state index < -0.39 is 5.92 Å². The second-order valence-corrected chi connectivity index (χ2v) is 11.0. The summed E-state index contributed by atoms with van der Waals surface area (Å²) >= 11 is 0. The average molecular weight is 584 g/mol. The van der Waals surface area contributed by atoms with Gasteiger partial charge in [-0.2, -0.15) is 0 Å². The number of carbonyl (C=O) groups excluding carboxylic acids is 4. The van der Waals surface area contributed by atoms with Crippen molar-refractivity contribution < 1.29 is 28.7 Å². The summed E-state index contributed by atoms with van der Waals surface area (Å²) in [5.41, 5.74) is 3.03. The van der Waals surface area contributed by atoms with E-state index in [-0.39, 0.29) is 48.3 Å². The Labute approximate surface area is 249 Å². The zero-order valence-electron chi connectivity index (χ0n) is 24.0. The lowest BCUT2D eigenvalue weighted by Gasteiger charge is -2.26. The Morgan fingerprint density at radius 3 is 2.67 bits per heavy atom. The third-order valence-electron chi connectivity index (χ3n) is 8.46. The number of ether oxygens (including phenoxy) is 2. The predicted octanol–water partition coefficient (Wildman–Crippen LogP) is 2.51. The number of methoxy groups -OCH3 is 1. The number of Topliss-reactive ketones (excluding diaryl/α,β-unsaturated/α-hetero) is 1. The minimum Gasteiger partial charge on any atom is -0.493 e. The van der Waals surface area contributed by atoms with E-state index in [1.165, 1.54) is 18.6 Å². The summed E-state index contributed by atoms with van der Waals surface area (Å²) in [6, 6.07) is 10.9. The number of rotatable bonds is 3. The van der Waals surface area contributed by atoms with Gasteiger partial charge in [-0.3, -0.25) is 24.2 Å². The number of carbonyl (C=O) groups is 4. The van der Waals surface area contributed by atoms with Gasteiger partial charge in [0.25, 0.3) is 11.8 Å². The van der Waals surface area contributed by atoms with E-state index in [1.807, 2.05) is 12.1 Å². The summed E-state index contributed by atoms with van der Waals surface area (Å²) < 4.78 is 11.7. The largest absolute Gasteiger partial charge is 0.493 e. The molecule has 3 heterocycles. The molecule has 1 fully saturated rings. The molecule has 2 aliphatic heterocycles. The van der Waals surface area contributed by atoms with Crippen LogP contribution in [-0.2, 0) is 11.2 Å². The van der Waals surface area contributed by atoms with Crippen molar-refractivity contribution >= 4 is 23.5 Å². The molecule has 1 aliphatic carbocycles. The molecule has 0 unspecified atom stereocenters. The molecule has 2 bridgehead atoms. The van der Waals surface area contributed by atoms with Gasteiger partial charge < -0.3 is 24.6 Å². The zero-order chi connectivity index (χ0) is 29.9. The summed E-state index contributed by atoms with van der Waals surface area (Å²) in [6.07, 6.45) is 5.90. The van der Waals surface area contributed by atoms with Gasteiger partial charge in [0.1, 0.15) is 12.3 Å². The summed E-state index contributed by atoms with van der Waals surface area (Å²) in [6.45, 7) is 1.86. The highest BCUT2D eigenvalue weighted by Crippen LogP contribution is 2.38. The van der Waals surface area contributed by atoms with Gasteiger partial charge in [0, 0.05) is 62.0 Å². The number of hydrogen-bond acceptors (Lipinski definition) is 8. The molecule has 3 aliphatic rings. The normalized spacial score (nSPS) is 20.4. The summed E-state index contributed by atoms with van der Waals surface area (Å²) in [4.78, 5) is 64.3. The fourth-order valence-corrected chi connectivity index (χ4v) is 6.24. The summed E-state index contributed by atoms with van der Waals surface area (Å²) in [5.74, 6) is -0.279. The standard InChI is InChI=1S/C32H33N5O6/c1-42-28-9-6-20-16-29(28)43-15-14-36(31(40)23-5-2-4-22-21(23)7-8-27(22)38)13-3-10-35-30(39)25-19-37(18-24(20)25)32(41)26-17-33-11-12-34-26/h2,4-6,9,11-12,16-17,24-25H,3,7-8,10,13-15,18-19H2,1H3,(H,35,39)/t24-,25+/m1/s1. The molecule has 2 aromatic carbocycles. The van der Waals surface area contributed by atoms with Gasteiger partial charge in [0.05, 0.1) is 25.8 Å². The zero-order valence-corrected chi connectivity index (χ0v) is 24.0. The second-order valence-electron chi connectivity index (χ2n) is 11.0. The summed E-state index contributed by atoms with van der Waals surface area (Å²) in [7, 11) is 1.56. The molecule has 3 amide bonds. The molecule has 11 heteroatoms. The highest BCUT2D eigenvalue weighted by Gasteiger charge is 2.41. The van der Waals surface area contributed by atoms with E-state index in [9.17, 15) is 19.2 Å². The van der Waals surface area contributed by atoms with Gasteiger partial charge in [-0.25, -0.2) is 4.98 Å². The van der Waals surface area contributed by atoms with Crippen LogP contribution in [0.5, 0.6) is 11.5 Å². The molecule has 222 valence electrons. The molecule has 11 nitrogen and oxygen atoms in total. The summed E-state index contributed by atoms with van der Waals surface area (Å²) in [5, 5.41) is 3.04. The van der Waals surface area contributed by atoms with Crippen molar-refractivity contribution in [3.05, 3.63) is 82.9 Å². The smallest absolute Gasteiger partial charge is 0.274 e. The number of likely N-dealkylation sites (tertiary alicyclic amines) is 1. The molecule has 0 spiro atoms. The minimum absolute atomic E-state index is 0.0610. The monoisotopic (exact) mass is 583 g/mol. The van der Waals surface area contributed by atoms with Crippen LogP contribution in [0.1, 0.15) is 61.1 Å². The number of amides is 3. The van der Waals surface area contributed by atoms with E-state index in [0.29, 0.717) is 68.1 Å². The highest BCUT2D eigenvalue weighted by molar-refractivity contribution is 6.05. The van der Waals surface area contributed by atoms with Crippen LogP contribution in [0, 0.1) is 5.92 Å². The van der Waals surface area contributed by atoms with Crippen molar-refractivity contribution in [2.24, 2.45) is 5.92 Å². The number of aromatic nitrogens is 2. The number of nitrogens with one attached hydrogen (secondary N) is 1. The van der Waals surface area contributed by atoms with E-state index in [4.69, 9.17) is 9.47 Å². The molecule has 6 rings (SSSR count). The van der Waals surface area contributed by atoms with Gasteiger partial charge in [-0.15, -0.1) is 0 Å². The Morgan fingerprint density at radius 2 is 1.86 bits per heavy atom. The van der Waals surface area contributed by atoms with Crippen molar-refractivity contribution in [1.82, 2.24) is 25.1 Å². The molecule has 0 radical (unpaired) electrons. The van der Waals surface area contributed by atoms with Crippen molar-refractivity contribution in [3.63, 3.8) is 0 Å². The van der Waals surface area contributed by atoms with Crippen LogP contribution in [0.25, 0.3) is 0 Å². The van der Waals surface area contributed by atoms with Gasteiger partial charge in [-0.1, -0.05) is 18.2 Å². The number of benzene rings is 2. The second kappa shape index (κ2) is 12.2. The quantitative estimate of drug-likeness (QED) is 0.498. The van der Waals surface area contributed by atoms with Crippen molar-refractivity contribution in [3.8, 4) is 11.5 Å². The van der Waals surface area contributed by atoms with Gasteiger partial charge in [0.2, 0.25) is 5.91 Å². The molecular weight excluding hydrogens is 550 g/mol. The molecule has 3 aromatic rings. The maximum Gasteiger partial charge on any atom is 0.274 e. The Kier molecular flexibility index (Phi) is 8.04. The van der Waals surface area contributed by atoms with Crippen LogP contribution in [0.15, 0.2) is 55.0 Å². The van der Waals surface area contributed by atoms with Crippen LogP contribution >= 0.6 is 0 Å². The van der Waals surface area contributed by atoms with E-state index >= 15 is 0 Å². The van der Waals surface area contributed by atoms with Crippen LogP contribution in [0.3, 0.4) is 0 Å². The maximum absolute atomic E-state index is 13.7. The average Bonchev–Trinajstić information content (AvgIpc) is 3.66. The highest BCUT2D eigenvalue weighted by atomic mass is 16.5. The number of hydrogen-bond donors (Lipinski definition) is 1. The van der Waals surface area contributed by atoms with Crippen LogP contribution in [0.4, 0.5) is 0 Å². The first kappa shape index (κ1) is 28.3. The first-order chi connectivity index (χ1) is 20.9. The van der Waals surface area contributed by atoms with E-state index in [0.717, 1.165) is 11.1 Å². The van der Waals surface area contributed by atoms with Crippen molar-refractivity contribution in [2.75, 3.05) is 46.4 Å². The first-order valence-corrected chi connectivity index (χ1v) is 14.5. The SMILES string of the molecule is COc1ccc2cc1OCCN(C(=O)c1cccc3c1CCC3=O)CCCNC(=O)[C@H]1CN(C(=O)c3cnccn3)C[C@H]21. The molecular formula is C32H33N5O6. The van der Waals surface area contributed by atoms with Crippen molar-refractivity contribution in [2.45, 2.75) is 25.2 Å². The maximum atomic E-state index is 13.7. The Balaban J connectivity index is 1.26. The van der Waals surface area contributed by atoms with Crippen molar-refractivity contribution in [1.29, 1.82) is 0 Å². The molecule has 0 saturated carbocycles. The Bertz CT molecular complexity index is 1560. The molecule has 1 aromatic heterocycles. The van der Waals surface area contributed by atoms with Crippen LogP contribution in [0.2, 0.25) is 0 Å². The topological polar surface area (TPSA) is 131 Å². The minimum atomic E-state index is -0.494. The third kappa shape index (κ3) is 5.67. The fourth-order valence-electron chi connectivity index (χ4n) is 6.24. The number of fused-ring (bicyclic) bond motifs is 5. The Hall–Kier alpha value is -4.80. The lowest BCUT2D eigenvalue weighted by atomic mass is 9.88. The van der Waals surface area contributed by atoms with E-state index in [1.54, 1.807) is 41.2 Å². The van der Waals surface area contributed by atoms with Gasteiger partial charge in [-0.05, 0) is 42.2 Å². The molecule has 1 saturated heterocycles. The Morgan fingerprint density at radius 1 is 1.00 bits per heavy atom. The van der Waals surface area contributed by atoms with Crippen LogP contribution < -0.4 is 14.8 Å². The van der Waals surface area contributed by atoms with Crippen LogP contribution in [-0.4, -0.2) is 89.7 Å². The van der Waals surface area contributed by atoms with E-state index in [2.05, 4.69) is 15.3 Å². The van der Waals surface area contributed by atoms with Gasteiger partial charge in [0.15, 0.2) is 17.3 Å². The fraction of sp³-hybridized carbons (Fsp3) is 0.375. The predicted molar refractivity (Wildman–Crippen MR) is 155 cm³/mol. The molecule has 1 N–H and O–H groups in total. The number of nitrogens with zero attached hydrogens (tertiary/aromatic N) is 4. The number of ketones is 1. The first-order valence-electron chi connectivity index (χ1n) is 14.5. The lowest BCUT2D eigenvalue weighted by Crippen LogP contribution is -2.39. The third-order valence-corrected chi connectivity index (χ3v) is 8.46. The van der Waals surface area contributed by atoms with Gasteiger partial charge >= 0.3 is 0 Å². The lowest BCUT2D eigenvalue weighted by molar-refractivity contribution is -0.124. The molecule has 43 heavy (non-hydrogen) atoms. The molecule has 2 atom stereocenters.